The van der Waals surface area contributed by atoms with E-state index in [0.717, 1.165) is 38.4 Å². The summed E-state index contributed by atoms with van der Waals surface area (Å²) in [5, 5.41) is 16.1. The lowest BCUT2D eigenvalue weighted by molar-refractivity contribution is 0.152. The van der Waals surface area contributed by atoms with Crippen molar-refractivity contribution in [3.05, 3.63) is 0 Å². The molecule has 162 valence electrons. The number of piperazine rings is 1. The number of nitrogens with one attached hydrogen (secondary N) is 2. The molecular formula is C20H44IN5O. The summed E-state index contributed by atoms with van der Waals surface area (Å²) in [4.78, 5) is 9.73. The van der Waals surface area contributed by atoms with Gasteiger partial charge in [-0.15, -0.1) is 24.0 Å². The first-order valence-corrected chi connectivity index (χ1v) is 10.6. The molecule has 1 fully saturated rings. The number of nitrogens with zero attached hydrogens (tertiary/aromatic N) is 3. The Morgan fingerprint density at radius 2 is 1.81 bits per heavy atom. The summed E-state index contributed by atoms with van der Waals surface area (Å²) in [6, 6.07) is 0. The van der Waals surface area contributed by atoms with E-state index in [1.165, 1.54) is 45.6 Å². The lowest BCUT2D eigenvalue weighted by Gasteiger charge is -2.32. The lowest BCUT2D eigenvalue weighted by atomic mass is 9.94. The Balaban J connectivity index is 0.00000676. The van der Waals surface area contributed by atoms with Crippen LogP contribution in [0.1, 0.15) is 46.5 Å². The van der Waals surface area contributed by atoms with Crippen molar-refractivity contribution in [1.82, 2.24) is 20.4 Å². The predicted molar refractivity (Wildman–Crippen MR) is 127 cm³/mol. The van der Waals surface area contributed by atoms with E-state index in [0.29, 0.717) is 11.8 Å². The van der Waals surface area contributed by atoms with Gasteiger partial charge in [0.2, 0.25) is 0 Å². The SMILES string of the molecule is CCNC(=NCC(CCO)CC(C)C)NCCCCN1CCN(C)CC1.I. The fourth-order valence-corrected chi connectivity index (χ4v) is 3.43. The van der Waals surface area contributed by atoms with Crippen molar-refractivity contribution in [1.29, 1.82) is 0 Å². The van der Waals surface area contributed by atoms with Gasteiger partial charge in [0.05, 0.1) is 0 Å². The second kappa shape index (κ2) is 16.8. The highest BCUT2D eigenvalue weighted by Gasteiger charge is 2.13. The first kappa shape index (κ1) is 26.9. The highest BCUT2D eigenvalue weighted by molar-refractivity contribution is 14.0. The fourth-order valence-electron chi connectivity index (χ4n) is 3.43. The smallest absolute Gasteiger partial charge is 0.191 e. The van der Waals surface area contributed by atoms with Crippen LogP contribution in [0.15, 0.2) is 4.99 Å². The standard InChI is InChI=1S/C20H43N5O.HI/c1-5-21-20(23-17-19(8-15-26)16-18(2)3)22-9-6-7-10-25-13-11-24(4)12-14-25;/h18-19,26H,5-17H2,1-4H3,(H2,21,22,23);1H. The molecule has 7 heteroatoms. The molecule has 3 N–H and O–H groups in total. The van der Waals surface area contributed by atoms with Crippen LogP contribution in [-0.4, -0.2) is 86.9 Å². The molecule has 0 aromatic carbocycles. The molecule has 6 nitrogen and oxygen atoms in total. The Bertz CT molecular complexity index is 373. The van der Waals surface area contributed by atoms with Crippen molar-refractivity contribution >= 4 is 29.9 Å². The van der Waals surface area contributed by atoms with Crippen molar-refractivity contribution < 1.29 is 5.11 Å². The Kier molecular flexibility index (Phi) is 16.7. The normalized spacial score (nSPS) is 17.6. The van der Waals surface area contributed by atoms with Crippen molar-refractivity contribution in [3.8, 4) is 0 Å². The van der Waals surface area contributed by atoms with E-state index in [9.17, 15) is 5.11 Å². The maximum atomic E-state index is 9.25. The van der Waals surface area contributed by atoms with Crippen molar-refractivity contribution in [2.45, 2.75) is 46.5 Å². The van der Waals surface area contributed by atoms with Gasteiger partial charge >= 0.3 is 0 Å². The third kappa shape index (κ3) is 13.7. The van der Waals surface area contributed by atoms with Crippen molar-refractivity contribution in [3.63, 3.8) is 0 Å². The van der Waals surface area contributed by atoms with Gasteiger partial charge in [-0.25, -0.2) is 0 Å². The first-order valence-electron chi connectivity index (χ1n) is 10.6. The minimum absolute atomic E-state index is 0. The zero-order chi connectivity index (χ0) is 19.2. The van der Waals surface area contributed by atoms with Crippen LogP contribution in [0.5, 0.6) is 0 Å². The number of halogens is 1. The number of aliphatic hydroxyl groups excluding tert-OH is 1. The molecule has 0 aromatic heterocycles. The van der Waals surface area contributed by atoms with E-state index in [-0.39, 0.29) is 30.6 Å². The molecule has 27 heavy (non-hydrogen) atoms. The van der Waals surface area contributed by atoms with Crippen molar-refractivity contribution in [2.24, 2.45) is 16.8 Å². The predicted octanol–water partition coefficient (Wildman–Crippen LogP) is 2.23. The van der Waals surface area contributed by atoms with Crippen LogP contribution in [0.4, 0.5) is 0 Å². The zero-order valence-corrected chi connectivity index (χ0v) is 20.4. The topological polar surface area (TPSA) is 63.1 Å². The van der Waals surface area contributed by atoms with Gasteiger partial charge in [-0.05, 0) is 58.0 Å². The summed E-state index contributed by atoms with van der Waals surface area (Å²) in [6.45, 7) is 15.5. The van der Waals surface area contributed by atoms with E-state index in [1.807, 2.05) is 0 Å². The number of hydrogen-bond donors (Lipinski definition) is 3. The number of rotatable bonds is 12. The summed E-state index contributed by atoms with van der Waals surface area (Å²) in [5.41, 5.74) is 0. The Morgan fingerprint density at radius 3 is 2.41 bits per heavy atom. The highest BCUT2D eigenvalue weighted by atomic mass is 127. The van der Waals surface area contributed by atoms with Crippen LogP contribution in [0.25, 0.3) is 0 Å². The molecule has 1 rings (SSSR count). The molecule has 0 amide bonds. The van der Waals surface area contributed by atoms with E-state index < -0.39 is 0 Å². The summed E-state index contributed by atoms with van der Waals surface area (Å²) in [7, 11) is 2.20. The quantitative estimate of drug-likeness (QED) is 0.167. The zero-order valence-electron chi connectivity index (χ0n) is 18.0. The molecule has 0 aliphatic carbocycles. The third-order valence-corrected chi connectivity index (χ3v) is 4.98. The van der Waals surface area contributed by atoms with Crippen LogP contribution in [-0.2, 0) is 0 Å². The van der Waals surface area contributed by atoms with E-state index in [2.05, 4.69) is 48.3 Å². The molecule has 0 saturated carbocycles. The molecule has 1 atom stereocenters. The van der Waals surface area contributed by atoms with E-state index in [4.69, 9.17) is 4.99 Å². The minimum atomic E-state index is 0. The van der Waals surface area contributed by atoms with Gasteiger partial charge in [0.15, 0.2) is 5.96 Å². The molecule has 0 spiro atoms. The Hall–Kier alpha value is -0.120. The van der Waals surface area contributed by atoms with Gasteiger partial charge < -0.3 is 25.5 Å². The minimum Gasteiger partial charge on any atom is -0.396 e. The molecule has 1 aliphatic rings. The van der Waals surface area contributed by atoms with Gasteiger partial charge in [-0.1, -0.05) is 13.8 Å². The van der Waals surface area contributed by atoms with Crippen LogP contribution in [0.2, 0.25) is 0 Å². The summed E-state index contributed by atoms with van der Waals surface area (Å²) < 4.78 is 0. The monoisotopic (exact) mass is 497 g/mol. The second-order valence-electron chi connectivity index (χ2n) is 8.01. The molecule has 0 aromatic rings. The molecular weight excluding hydrogens is 453 g/mol. The number of aliphatic hydroxyl groups is 1. The lowest BCUT2D eigenvalue weighted by Crippen LogP contribution is -2.44. The maximum Gasteiger partial charge on any atom is 0.191 e. The van der Waals surface area contributed by atoms with Gasteiger partial charge in [-0.3, -0.25) is 4.99 Å². The van der Waals surface area contributed by atoms with E-state index >= 15 is 0 Å². The second-order valence-corrected chi connectivity index (χ2v) is 8.01. The van der Waals surface area contributed by atoms with Crippen LogP contribution >= 0.6 is 24.0 Å². The largest absolute Gasteiger partial charge is 0.396 e. The fraction of sp³-hybridized carbons (Fsp3) is 0.950. The maximum absolute atomic E-state index is 9.25. The summed E-state index contributed by atoms with van der Waals surface area (Å²) >= 11 is 0. The van der Waals surface area contributed by atoms with Gasteiger partial charge in [0.1, 0.15) is 0 Å². The van der Waals surface area contributed by atoms with Crippen LogP contribution in [0.3, 0.4) is 0 Å². The molecule has 0 radical (unpaired) electrons. The van der Waals surface area contributed by atoms with Gasteiger partial charge in [0.25, 0.3) is 0 Å². The van der Waals surface area contributed by atoms with Crippen LogP contribution in [0, 0.1) is 11.8 Å². The molecule has 1 heterocycles. The van der Waals surface area contributed by atoms with Gasteiger partial charge in [-0.2, -0.15) is 0 Å². The highest BCUT2D eigenvalue weighted by Crippen LogP contribution is 2.15. The Morgan fingerprint density at radius 1 is 1.11 bits per heavy atom. The van der Waals surface area contributed by atoms with Gasteiger partial charge in [0, 0.05) is 52.4 Å². The number of hydrogen-bond acceptors (Lipinski definition) is 4. The molecule has 1 aliphatic heterocycles. The average Bonchev–Trinajstić information content (AvgIpc) is 2.60. The number of likely N-dealkylation sites (N-methyl/N-ethyl adjacent to an activating group) is 1. The first-order chi connectivity index (χ1) is 12.5. The summed E-state index contributed by atoms with van der Waals surface area (Å²) in [5.74, 6) is 2.03. The third-order valence-electron chi connectivity index (χ3n) is 4.98. The number of aliphatic imine (C=N–C) groups is 1. The Labute approximate surface area is 184 Å². The molecule has 1 saturated heterocycles. The van der Waals surface area contributed by atoms with E-state index in [1.54, 1.807) is 0 Å². The number of unbranched alkanes of at least 4 members (excludes halogenated alkanes) is 1. The summed E-state index contributed by atoms with van der Waals surface area (Å²) in [6.07, 6.45) is 4.36. The molecule has 1 unspecified atom stereocenters. The van der Waals surface area contributed by atoms with Crippen LogP contribution < -0.4 is 10.6 Å². The van der Waals surface area contributed by atoms with Crippen molar-refractivity contribution in [2.75, 3.05) is 66.0 Å². The number of guanidine groups is 1. The molecule has 0 bridgehead atoms. The average molecular weight is 498 g/mol.